The molecule has 1 unspecified atom stereocenters. The SMILES string of the molecule is COCC(NCCc1ccccc1OC)C(=O)O. The number of carboxylic acid groups (broad SMARTS) is 1. The van der Waals surface area contributed by atoms with Gasteiger partial charge in [0.05, 0.1) is 13.7 Å². The quantitative estimate of drug-likeness (QED) is 0.721. The maximum absolute atomic E-state index is 10.9. The van der Waals surface area contributed by atoms with Crippen molar-refractivity contribution >= 4 is 5.97 Å². The lowest BCUT2D eigenvalue weighted by molar-refractivity contribution is -0.140. The number of ether oxygens (including phenoxy) is 2. The lowest BCUT2D eigenvalue weighted by Gasteiger charge is -2.14. The second-order valence-corrected chi connectivity index (χ2v) is 3.86. The normalized spacial score (nSPS) is 12.1. The summed E-state index contributed by atoms with van der Waals surface area (Å²) in [6.45, 7) is 0.710. The van der Waals surface area contributed by atoms with E-state index in [2.05, 4.69) is 5.32 Å². The summed E-state index contributed by atoms with van der Waals surface area (Å²) in [6, 6.07) is 7.01. The van der Waals surface area contributed by atoms with E-state index in [0.717, 1.165) is 11.3 Å². The summed E-state index contributed by atoms with van der Waals surface area (Å²) < 4.78 is 10.1. The van der Waals surface area contributed by atoms with Gasteiger partial charge in [0, 0.05) is 13.7 Å². The first-order valence-corrected chi connectivity index (χ1v) is 5.76. The molecule has 1 aromatic rings. The Morgan fingerprint density at radius 1 is 1.39 bits per heavy atom. The van der Waals surface area contributed by atoms with Gasteiger partial charge >= 0.3 is 5.97 Å². The molecule has 0 amide bonds. The van der Waals surface area contributed by atoms with E-state index in [9.17, 15) is 4.79 Å². The van der Waals surface area contributed by atoms with Gasteiger partial charge in [0.15, 0.2) is 0 Å². The van der Waals surface area contributed by atoms with Crippen molar-refractivity contribution in [3.05, 3.63) is 29.8 Å². The van der Waals surface area contributed by atoms with E-state index in [1.165, 1.54) is 7.11 Å². The molecule has 0 aliphatic heterocycles. The monoisotopic (exact) mass is 253 g/mol. The zero-order valence-corrected chi connectivity index (χ0v) is 10.7. The van der Waals surface area contributed by atoms with Crippen molar-refractivity contribution in [1.29, 1.82) is 0 Å². The third kappa shape index (κ3) is 4.35. The highest BCUT2D eigenvalue weighted by Crippen LogP contribution is 2.17. The highest BCUT2D eigenvalue weighted by Gasteiger charge is 2.15. The standard InChI is InChI=1S/C13H19NO4/c1-17-9-11(13(15)16)14-8-7-10-5-3-4-6-12(10)18-2/h3-6,11,14H,7-9H2,1-2H3,(H,15,16). The van der Waals surface area contributed by atoms with Crippen LogP contribution in [0.1, 0.15) is 5.56 Å². The number of para-hydroxylation sites is 1. The van der Waals surface area contributed by atoms with Gasteiger partial charge in [0.1, 0.15) is 11.8 Å². The number of hydrogen-bond donors (Lipinski definition) is 2. The Labute approximate surface area is 107 Å². The van der Waals surface area contributed by atoms with Gasteiger partial charge in [-0.15, -0.1) is 0 Å². The molecule has 5 nitrogen and oxygen atoms in total. The summed E-state index contributed by atoms with van der Waals surface area (Å²) >= 11 is 0. The molecule has 0 spiro atoms. The average Bonchev–Trinajstić information content (AvgIpc) is 2.38. The number of hydrogen-bond acceptors (Lipinski definition) is 4. The first-order chi connectivity index (χ1) is 8.69. The summed E-state index contributed by atoms with van der Waals surface area (Å²) in [5.74, 6) is -0.0882. The molecular weight excluding hydrogens is 234 g/mol. The van der Waals surface area contributed by atoms with Gasteiger partial charge in [-0.2, -0.15) is 0 Å². The Morgan fingerprint density at radius 2 is 2.11 bits per heavy atom. The van der Waals surface area contributed by atoms with Crippen LogP contribution in [0, 0.1) is 0 Å². The van der Waals surface area contributed by atoms with Crippen molar-refractivity contribution in [2.75, 3.05) is 27.4 Å². The van der Waals surface area contributed by atoms with Crippen LogP contribution in [-0.2, 0) is 16.0 Å². The largest absolute Gasteiger partial charge is 0.496 e. The lowest BCUT2D eigenvalue weighted by Crippen LogP contribution is -2.41. The van der Waals surface area contributed by atoms with Crippen LogP contribution in [0.5, 0.6) is 5.75 Å². The number of aliphatic carboxylic acids is 1. The van der Waals surface area contributed by atoms with E-state index in [1.807, 2.05) is 24.3 Å². The Kier molecular flexibility index (Phi) is 6.18. The molecule has 0 radical (unpaired) electrons. The molecule has 18 heavy (non-hydrogen) atoms. The maximum atomic E-state index is 10.9. The van der Waals surface area contributed by atoms with Crippen LogP contribution in [0.25, 0.3) is 0 Å². The molecule has 0 aliphatic carbocycles. The molecule has 1 atom stereocenters. The molecule has 0 saturated carbocycles. The molecule has 2 N–H and O–H groups in total. The van der Waals surface area contributed by atoms with Crippen molar-refractivity contribution < 1.29 is 19.4 Å². The van der Waals surface area contributed by atoms with Gasteiger partial charge in [0.2, 0.25) is 0 Å². The zero-order chi connectivity index (χ0) is 13.4. The minimum Gasteiger partial charge on any atom is -0.496 e. The fourth-order valence-corrected chi connectivity index (χ4v) is 1.67. The lowest BCUT2D eigenvalue weighted by atomic mass is 10.1. The summed E-state index contributed by atoms with van der Waals surface area (Å²) in [6.07, 6.45) is 0.706. The van der Waals surface area contributed by atoms with Crippen molar-refractivity contribution in [3.63, 3.8) is 0 Å². The number of rotatable bonds is 8. The Bertz CT molecular complexity index is 381. The topological polar surface area (TPSA) is 67.8 Å². The van der Waals surface area contributed by atoms with Gasteiger partial charge in [-0.05, 0) is 18.1 Å². The number of methoxy groups -OCH3 is 2. The van der Waals surface area contributed by atoms with Crippen LogP contribution in [0.2, 0.25) is 0 Å². The van der Waals surface area contributed by atoms with E-state index in [1.54, 1.807) is 7.11 Å². The minimum absolute atomic E-state index is 0.154. The van der Waals surface area contributed by atoms with Gasteiger partial charge in [-0.25, -0.2) is 0 Å². The third-order valence-electron chi connectivity index (χ3n) is 2.61. The van der Waals surface area contributed by atoms with Crippen LogP contribution in [-0.4, -0.2) is 44.5 Å². The average molecular weight is 253 g/mol. The smallest absolute Gasteiger partial charge is 0.323 e. The van der Waals surface area contributed by atoms with Gasteiger partial charge < -0.3 is 19.9 Å². The Hall–Kier alpha value is -1.59. The fourth-order valence-electron chi connectivity index (χ4n) is 1.67. The molecule has 5 heteroatoms. The number of carboxylic acids is 1. The van der Waals surface area contributed by atoms with E-state index >= 15 is 0 Å². The van der Waals surface area contributed by atoms with Crippen molar-refractivity contribution in [1.82, 2.24) is 5.32 Å². The first kappa shape index (κ1) is 14.5. The molecule has 0 saturated heterocycles. The molecule has 1 rings (SSSR count). The molecule has 100 valence electrons. The first-order valence-electron chi connectivity index (χ1n) is 5.76. The molecule has 0 heterocycles. The van der Waals surface area contributed by atoms with E-state index in [-0.39, 0.29) is 6.61 Å². The highest BCUT2D eigenvalue weighted by atomic mass is 16.5. The Balaban J connectivity index is 2.47. The number of benzene rings is 1. The van der Waals surface area contributed by atoms with Gasteiger partial charge in [0.25, 0.3) is 0 Å². The molecule has 0 fully saturated rings. The van der Waals surface area contributed by atoms with Crippen LogP contribution in [0.15, 0.2) is 24.3 Å². The predicted octanol–water partition coefficient (Wildman–Crippen LogP) is 0.927. The summed E-state index contributed by atoms with van der Waals surface area (Å²) in [4.78, 5) is 10.9. The fraction of sp³-hybridized carbons (Fsp3) is 0.462. The summed E-state index contributed by atoms with van der Waals surface area (Å²) in [5, 5.41) is 11.9. The number of carbonyl (C=O) groups is 1. The van der Waals surface area contributed by atoms with E-state index < -0.39 is 12.0 Å². The molecule has 0 aromatic heterocycles. The van der Waals surface area contributed by atoms with Gasteiger partial charge in [-0.1, -0.05) is 18.2 Å². The molecule has 0 aliphatic rings. The molecule has 1 aromatic carbocycles. The van der Waals surface area contributed by atoms with Crippen LogP contribution in [0.3, 0.4) is 0 Å². The van der Waals surface area contributed by atoms with Crippen molar-refractivity contribution in [2.45, 2.75) is 12.5 Å². The molecule has 0 bridgehead atoms. The van der Waals surface area contributed by atoms with Crippen LogP contribution < -0.4 is 10.1 Å². The van der Waals surface area contributed by atoms with E-state index in [4.69, 9.17) is 14.6 Å². The van der Waals surface area contributed by atoms with Crippen molar-refractivity contribution in [3.8, 4) is 5.75 Å². The second kappa shape index (κ2) is 7.68. The number of nitrogens with one attached hydrogen (secondary N) is 1. The van der Waals surface area contributed by atoms with Crippen LogP contribution in [0.4, 0.5) is 0 Å². The molecular formula is C13H19NO4. The van der Waals surface area contributed by atoms with E-state index in [0.29, 0.717) is 13.0 Å². The zero-order valence-electron chi connectivity index (χ0n) is 10.7. The predicted molar refractivity (Wildman–Crippen MR) is 68.0 cm³/mol. The summed E-state index contributed by atoms with van der Waals surface area (Å²) in [5.41, 5.74) is 1.05. The van der Waals surface area contributed by atoms with Gasteiger partial charge in [-0.3, -0.25) is 4.79 Å². The van der Waals surface area contributed by atoms with Crippen molar-refractivity contribution in [2.24, 2.45) is 0 Å². The third-order valence-corrected chi connectivity index (χ3v) is 2.61. The maximum Gasteiger partial charge on any atom is 0.323 e. The minimum atomic E-state index is -0.906. The summed E-state index contributed by atoms with van der Waals surface area (Å²) in [7, 11) is 3.11. The second-order valence-electron chi connectivity index (χ2n) is 3.86. The highest BCUT2D eigenvalue weighted by molar-refractivity contribution is 5.73. The van der Waals surface area contributed by atoms with Crippen LogP contribution >= 0.6 is 0 Å². The Morgan fingerprint density at radius 3 is 2.72 bits per heavy atom.